The lowest BCUT2D eigenvalue weighted by atomic mass is 9.68. The molecule has 1 saturated carbocycles. The summed E-state index contributed by atoms with van der Waals surface area (Å²) in [4.78, 5) is 31.8. The molecule has 0 saturated heterocycles. The number of amides is 1. The number of hydrogen-bond donors (Lipinski definition) is 2. The van der Waals surface area contributed by atoms with E-state index in [4.69, 9.17) is 0 Å². The normalized spacial score (nSPS) is 21.0. The lowest BCUT2D eigenvalue weighted by Crippen LogP contribution is -2.35. The minimum atomic E-state index is -0.285. The summed E-state index contributed by atoms with van der Waals surface area (Å²) >= 11 is 0. The van der Waals surface area contributed by atoms with Crippen LogP contribution in [0, 0.1) is 11.3 Å². The molecular weight excluding hydrogens is 462 g/mol. The molecule has 0 radical (unpaired) electrons. The largest absolute Gasteiger partial charge is 0.344 e. The molecule has 3 heterocycles. The monoisotopic (exact) mass is 491 g/mol. The third-order valence-corrected chi connectivity index (χ3v) is 8.08. The van der Waals surface area contributed by atoms with Crippen LogP contribution in [0.2, 0.25) is 0 Å². The first-order chi connectivity index (χ1) is 18.0. The first-order valence-corrected chi connectivity index (χ1v) is 12.7. The number of aromatic amines is 1. The molecule has 6 rings (SSSR count). The molecule has 7 nitrogen and oxygen atoms in total. The summed E-state index contributed by atoms with van der Waals surface area (Å²) in [7, 11) is 0. The summed E-state index contributed by atoms with van der Waals surface area (Å²) in [5, 5.41) is 7.90. The van der Waals surface area contributed by atoms with Crippen LogP contribution in [0.25, 0.3) is 11.8 Å². The highest BCUT2D eigenvalue weighted by molar-refractivity contribution is 5.92. The van der Waals surface area contributed by atoms with Gasteiger partial charge in [-0.3, -0.25) is 14.6 Å². The zero-order valence-electron chi connectivity index (χ0n) is 20.7. The van der Waals surface area contributed by atoms with E-state index in [9.17, 15) is 9.59 Å². The highest BCUT2D eigenvalue weighted by Crippen LogP contribution is 2.55. The van der Waals surface area contributed by atoms with Crippen LogP contribution < -0.4 is 10.9 Å². The van der Waals surface area contributed by atoms with Crippen LogP contribution in [0.4, 0.5) is 0 Å². The molecule has 2 aliphatic rings. The number of carbonyl (C=O) groups is 1. The standard InChI is InChI=1S/C30H29N5O2/c1-30-17-21-18-32-35(24-9-6-14-31-19-24)27(21)16-23(30)13-12-22(30)15-26(20-7-3-2-4-8-20)34-29(37)25-10-5-11-28(36)33-25/h2-11,14,16,18-19,22,26H,12-13,15,17H2,1H3,(H,33,36)(H,34,37). The highest BCUT2D eigenvalue weighted by atomic mass is 16.2. The Bertz CT molecular complexity index is 1520. The summed E-state index contributed by atoms with van der Waals surface area (Å²) in [6.07, 6.45) is 11.7. The molecule has 1 amide bonds. The van der Waals surface area contributed by atoms with E-state index < -0.39 is 0 Å². The molecule has 3 atom stereocenters. The van der Waals surface area contributed by atoms with Crippen molar-refractivity contribution in [2.24, 2.45) is 11.3 Å². The third-order valence-electron chi connectivity index (χ3n) is 8.08. The van der Waals surface area contributed by atoms with Crippen molar-refractivity contribution in [3.05, 3.63) is 118 Å². The van der Waals surface area contributed by atoms with Gasteiger partial charge < -0.3 is 10.3 Å². The molecule has 2 N–H and O–H groups in total. The molecular formula is C30H29N5O2. The predicted octanol–water partition coefficient (Wildman–Crippen LogP) is 4.87. The first kappa shape index (κ1) is 23.2. The van der Waals surface area contributed by atoms with E-state index in [2.05, 4.69) is 45.5 Å². The Kier molecular flexibility index (Phi) is 5.83. The fourth-order valence-corrected chi connectivity index (χ4v) is 6.06. The van der Waals surface area contributed by atoms with E-state index in [1.54, 1.807) is 18.3 Å². The molecule has 186 valence electrons. The number of fused-ring (bicyclic) bond motifs is 2. The average Bonchev–Trinajstić information content (AvgIpc) is 3.47. The maximum atomic E-state index is 13.1. The summed E-state index contributed by atoms with van der Waals surface area (Å²) in [5.41, 5.74) is 5.84. The zero-order valence-corrected chi connectivity index (χ0v) is 20.7. The maximum absolute atomic E-state index is 13.1. The summed E-state index contributed by atoms with van der Waals surface area (Å²) < 4.78 is 1.98. The quantitative estimate of drug-likeness (QED) is 0.402. The van der Waals surface area contributed by atoms with Crippen molar-refractivity contribution in [3.63, 3.8) is 0 Å². The van der Waals surface area contributed by atoms with Gasteiger partial charge >= 0.3 is 0 Å². The summed E-state index contributed by atoms with van der Waals surface area (Å²) in [6, 6.07) is 18.5. The Hall–Kier alpha value is -4.26. The van der Waals surface area contributed by atoms with Gasteiger partial charge in [0.15, 0.2) is 0 Å². The molecule has 0 spiro atoms. The van der Waals surface area contributed by atoms with Crippen molar-refractivity contribution in [1.29, 1.82) is 0 Å². The van der Waals surface area contributed by atoms with Crippen LogP contribution in [-0.2, 0) is 6.42 Å². The number of rotatable bonds is 6. The number of allylic oxidation sites excluding steroid dienone is 1. The topological polar surface area (TPSA) is 92.7 Å². The second-order valence-electron chi connectivity index (χ2n) is 10.3. The molecule has 0 aliphatic heterocycles. The van der Waals surface area contributed by atoms with E-state index in [1.807, 2.05) is 47.4 Å². The predicted molar refractivity (Wildman–Crippen MR) is 142 cm³/mol. The van der Waals surface area contributed by atoms with Gasteiger partial charge in [-0.2, -0.15) is 5.10 Å². The van der Waals surface area contributed by atoms with Crippen LogP contribution in [0.5, 0.6) is 0 Å². The Balaban J connectivity index is 1.28. The van der Waals surface area contributed by atoms with E-state index >= 15 is 0 Å². The minimum absolute atomic E-state index is 0.00534. The number of nitrogens with zero attached hydrogens (tertiary/aromatic N) is 3. The van der Waals surface area contributed by atoms with Gasteiger partial charge in [-0.05, 0) is 72.4 Å². The van der Waals surface area contributed by atoms with Gasteiger partial charge in [0.25, 0.3) is 5.91 Å². The summed E-state index contributed by atoms with van der Waals surface area (Å²) in [6.45, 7) is 2.36. The van der Waals surface area contributed by atoms with Crippen molar-refractivity contribution in [1.82, 2.24) is 25.1 Å². The number of benzene rings is 1. The van der Waals surface area contributed by atoms with Crippen LogP contribution in [0.1, 0.15) is 59.5 Å². The van der Waals surface area contributed by atoms with Crippen molar-refractivity contribution < 1.29 is 4.79 Å². The number of nitrogens with one attached hydrogen (secondary N) is 2. The van der Waals surface area contributed by atoms with E-state index in [1.165, 1.54) is 17.2 Å². The van der Waals surface area contributed by atoms with E-state index in [0.29, 0.717) is 5.92 Å². The number of aromatic nitrogens is 4. The Morgan fingerprint density at radius 2 is 2.00 bits per heavy atom. The van der Waals surface area contributed by atoms with Crippen molar-refractivity contribution >= 4 is 12.0 Å². The molecule has 2 aliphatic carbocycles. The maximum Gasteiger partial charge on any atom is 0.268 e. The minimum Gasteiger partial charge on any atom is -0.344 e. The lowest BCUT2D eigenvalue weighted by molar-refractivity contribution is 0.0918. The smallest absolute Gasteiger partial charge is 0.268 e. The van der Waals surface area contributed by atoms with Crippen LogP contribution in [0.3, 0.4) is 0 Å². The molecule has 7 heteroatoms. The van der Waals surface area contributed by atoms with Gasteiger partial charge in [-0.1, -0.05) is 48.9 Å². The second kappa shape index (κ2) is 9.32. The van der Waals surface area contributed by atoms with Gasteiger partial charge in [0, 0.05) is 12.3 Å². The van der Waals surface area contributed by atoms with Crippen molar-refractivity contribution in [3.8, 4) is 5.69 Å². The summed E-state index contributed by atoms with van der Waals surface area (Å²) in [5.74, 6) is 0.114. The van der Waals surface area contributed by atoms with Gasteiger partial charge in [0.1, 0.15) is 5.69 Å². The zero-order chi connectivity index (χ0) is 25.4. The van der Waals surface area contributed by atoms with Crippen LogP contribution in [0.15, 0.2) is 89.6 Å². The SMILES string of the molecule is CC12Cc3cnn(-c4cccnc4)c3C=C1CCC2CC(NC(=O)c1cccc(=O)[nH]1)c1ccccc1. The van der Waals surface area contributed by atoms with E-state index in [0.717, 1.165) is 42.6 Å². The highest BCUT2D eigenvalue weighted by Gasteiger charge is 2.46. The van der Waals surface area contributed by atoms with Gasteiger partial charge in [0.05, 0.1) is 29.8 Å². The molecule has 37 heavy (non-hydrogen) atoms. The Morgan fingerprint density at radius 3 is 2.78 bits per heavy atom. The molecule has 4 aromatic rings. The van der Waals surface area contributed by atoms with E-state index in [-0.39, 0.29) is 28.6 Å². The fourth-order valence-electron chi connectivity index (χ4n) is 6.06. The fraction of sp³-hybridized carbons (Fsp3) is 0.267. The molecule has 3 aromatic heterocycles. The molecule has 1 fully saturated rings. The number of H-pyrrole nitrogens is 1. The van der Waals surface area contributed by atoms with Gasteiger partial charge in [-0.15, -0.1) is 0 Å². The van der Waals surface area contributed by atoms with Crippen LogP contribution >= 0.6 is 0 Å². The van der Waals surface area contributed by atoms with Crippen LogP contribution in [-0.4, -0.2) is 25.7 Å². The number of pyridine rings is 2. The number of hydrogen-bond acceptors (Lipinski definition) is 4. The molecule has 0 bridgehead atoms. The lowest BCUT2D eigenvalue weighted by Gasteiger charge is -2.37. The van der Waals surface area contributed by atoms with Crippen molar-refractivity contribution in [2.75, 3.05) is 0 Å². The molecule has 3 unspecified atom stereocenters. The Morgan fingerprint density at radius 1 is 1.14 bits per heavy atom. The third kappa shape index (κ3) is 4.31. The van der Waals surface area contributed by atoms with Crippen molar-refractivity contribution in [2.45, 2.75) is 38.6 Å². The van der Waals surface area contributed by atoms with Gasteiger partial charge in [-0.25, -0.2) is 4.68 Å². The second-order valence-corrected chi connectivity index (χ2v) is 10.3. The first-order valence-electron chi connectivity index (χ1n) is 12.7. The van der Waals surface area contributed by atoms with Gasteiger partial charge in [0.2, 0.25) is 5.56 Å². The molecule has 1 aromatic carbocycles. The average molecular weight is 492 g/mol. The number of carbonyl (C=O) groups excluding carboxylic acids is 1. The Labute approximate surface area is 215 Å².